The van der Waals surface area contributed by atoms with Crippen LogP contribution in [-0.4, -0.2) is 12.6 Å². The Balaban J connectivity index is 2.13. The molecule has 1 aliphatic heterocycles. The van der Waals surface area contributed by atoms with Gasteiger partial charge in [0.15, 0.2) is 0 Å². The minimum Gasteiger partial charge on any atom is -0.313 e. The Morgan fingerprint density at radius 2 is 2.36 bits per heavy atom. The van der Waals surface area contributed by atoms with E-state index in [0.29, 0.717) is 12.0 Å². The summed E-state index contributed by atoms with van der Waals surface area (Å²) in [6.07, 6.45) is 2.45. The number of hydrogen-bond acceptors (Lipinski definition) is 1. The van der Waals surface area contributed by atoms with E-state index < -0.39 is 0 Å². The van der Waals surface area contributed by atoms with Crippen molar-refractivity contribution in [3.63, 3.8) is 0 Å². The van der Waals surface area contributed by atoms with E-state index in [2.05, 4.69) is 12.2 Å². The van der Waals surface area contributed by atoms with Gasteiger partial charge in [-0.05, 0) is 43.0 Å². The standard InChI is InChI=1S/C12H16FN/c1-9(12-6-3-7-14-12)10-4-2-5-11(13)8-10/h2,4-5,8-9,12,14H,3,6-7H2,1H3. The average Bonchev–Trinajstić information content (AvgIpc) is 2.69. The largest absolute Gasteiger partial charge is 0.313 e. The number of benzene rings is 1. The van der Waals surface area contributed by atoms with Gasteiger partial charge >= 0.3 is 0 Å². The predicted octanol–water partition coefficient (Wildman–Crippen LogP) is 2.68. The Bertz CT molecular complexity index is 305. The normalized spacial score (nSPS) is 23.7. The minimum atomic E-state index is -0.132. The van der Waals surface area contributed by atoms with Crippen molar-refractivity contribution in [2.24, 2.45) is 0 Å². The topological polar surface area (TPSA) is 12.0 Å². The third-order valence-corrected chi connectivity index (χ3v) is 3.08. The highest BCUT2D eigenvalue weighted by atomic mass is 19.1. The van der Waals surface area contributed by atoms with Crippen LogP contribution in [0.25, 0.3) is 0 Å². The van der Waals surface area contributed by atoms with Crippen molar-refractivity contribution in [3.8, 4) is 0 Å². The summed E-state index contributed by atoms with van der Waals surface area (Å²) in [7, 11) is 0. The number of halogens is 1. The van der Waals surface area contributed by atoms with Crippen molar-refractivity contribution in [2.45, 2.75) is 31.7 Å². The zero-order valence-electron chi connectivity index (χ0n) is 8.46. The zero-order chi connectivity index (χ0) is 9.97. The first-order valence-corrected chi connectivity index (χ1v) is 5.26. The molecule has 2 atom stereocenters. The Kier molecular flexibility index (Phi) is 2.82. The van der Waals surface area contributed by atoms with Crippen LogP contribution in [0.4, 0.5) is 4.39 Å². The molecule has 0 aromatic heterocycles. The molecule has 1 aliphatic rings. The third-order valence-electron chi connectivity index (χ3n) is 3.08. The van der Waals surface area contributed by atoms with Gasteiger partial charge in [0.25, 0.3) is 0 Å². The summed E-state index contributed by atoms with van der Waals surface area (Å²) in [5.74, 6) is 0.278. The second kappa shape index (κ2) is 4.09. The van der Waals surface area contributed by atoms with Crippen molar-refractivity contribution < 1.29 is 4.39 Å². The molecule has 14 heavy (non-hydrogen) atoms. The molecule has 76 valence electrons. The van der Waals surface area contributed by atoms with Crippen molar-refractivity contribution in [3.05, 3.63) is 35.6 Å². The summed E-state index contributed by atoms with van der Waals surface area (Å²) in [5.41, 5.74) is 1.10. The summed E-state index contributed by atoms with van der Waals surface area (Å²) in [5, 5.41) is 3.45. The van der Waals surface area contributed by atoms with E-state index in [1.54, 1.807) is 12.1 Å². The number of rotatable bonds is 2. The fourth-order valence-electron chi connectivity index (χ4n) is 2.16. The lowest BCUT2D eigenvalue weighted by Crippen LogP contribution is -2.27. The van der Waals surface area contributed by atoms with Gasteiger partial charge in [0, 0.05) is 6.04 Å². The van der Waals surface area contributed by atoms with E-state index in [-0.39, 0.29) is 5.82 Å². The lowest BCUT2D eigenvalue weighted by atomic mass is 9.92. The molecular weight excluding hydrogens is 177 g/mol. The Hall–Kier alpha value is -0.890. The number of hydrogen-bond donors (Lipinski definition) is 1. The molecule has 0 spiro atoms. The van der Waals surface area contributed by atoms with Gasteiger partial charge in [0.1, 0.15) is 5.82 Å². The van der Waals surface area contributed by atoms with E-state index in [4.69, 9.17) is 0 Å². The molecule has 0 radical (unpaired) electrons. The van der Waals surface area contributed by atoms with Crippen LogP contribution in [-0.2, 0) is 0 Å². The van der Waals surface area contributed by atoms with Gasteiger partial charge in [-0.3, -0.25) is 0 Å². The highest BCUT2D eigenvalue weighted by Gasteiger charge is 2.21. The van der Waals surface area contributed by atoms with Crippen LogP contribution < -0.4 is 5.32 Å². The summed E-state index contributed by atoms with van der Waals surface area (Å²) in [6, 6.07) is 7.46. The Morgan fingerprint density at radius 1 is 1.50 bits per heavy atom. The first-order chi connectivity index (χ1) is 6.77. The Labute approximate surface area is 84.3 Å². The Morgan fingerprint density at radius 3 is 3.00 bits per heavy atom. The molecule has 0 saturated carbocycles. The molecule has 1 saturated heterocycles. The lowest BCUT2D eigenvalue weighted by molar-refractivity contribution is 0.514. The molecule has 1 N–H and O–H groups in total. The van der Waals surface area contributed by atoms with Gasteiger partial charge in [0.2, 0.25) is 0 Å². The molecular formula is C12H16FN. The second-order valence-electron chi connectivity index (χ2n) is 4.05. The second-order valence-corrected chi connectivity index (χ2v) is 4.05. The molecule has 2 unspecified atom stereocenters. The quantitative estimate of drug-likeness (QED) is 0.761. The maximum Gasteiger partial charge on any atom is 0.123 e. The fraction of sp³-hybridized carbons (Fsp3) is 0.500. The van der Waals surface area contributed by atoms with E-state index in [1.807, 2.05) is 6.07 Å². The number of nitrogens with one attached hydrogen (secondary N) is 1. The van der Waals surface area contributed by atoms with Gasteiger partial charge in [-0.2, -0.15) is 0 Å². The SMILES string of the molecule is CC(c1cccc(F)c1)C1CCCN1. The molecule has 0 amide bonds. The van der Waals surface area contributed by atoms with Crippen LogP contribution in [0.2, 0.25) is 0 Å². The molecule has 2 heteroatoms. The average molecular weight is 193 g/mol. The van der Waals surface area contributed by atoms with Gasteiger partial charge in [-0.1, -0.05) is 19.1 Å². The summed E-state index contributed by atoms with van der Waals surface area (Å²) in [6.45, 7) is 3.27. The van der Waals surface area contributed by atoms with Crippen molar-refractivity contribution in [1.29, 1.82) is 0 Å². The van der Waals surface area contributed by atoms with E-state index in [9.17, 15) is 4.39 Å². The molecule has 1 aromatic rings. The van der Waals surface area contributed by atoms with E-state index in [1.165, 1.54) is 18.9 Å². The van der Waals surface area contributed by atoms with Gasteiger partial charge in [-0.25, -0.2) is 4.39 Å². The van der Waals surface area contributed by atoms with Gasteiger partial charge in [0.05, 0.1) is 0 Å². The lowest BCUT2D eigenvalue weighted by Gasteiger charge is -2.19. The predicted molar refractivity (Wildman–Crippen MR) is 55.8 cm³/mol. The molecule has 1 nitrogen and oxygen atoms in total. The first-order valence-electron chi connectivity index (χ1n) is 5.26. The molecule has 1 fully saturated rings. The van der Waals surface area contributed by atoms with Crippen LogP contribution in [0.1, 0.15) is 31.2 Å². The van der Waals surface area contributed by atoms with E-state index in [0.717, 1.165) is 12.1 Å². The maximum absolute atomic E-state index is 13.0. The molecule has 1 heterocycles. The third kappa shape index (κ3) is 1.95. The summed E-state index contributed by atoms with van der Waals surface area (Å²) < 4.78 is 13.0. The van der Waals surface area contributed by atoms with Crippen LogP contribution in [0, 0.1) is 5.82 Å². The summed E-state index contributed by atoms with van der Waals surface area (Å²) in [4.78, 5) is 0. The van der Waals surface area contributed by atoms with Crippen LogP contribution in [0.5, 0.6) is 0 Å². The molecule has 1 aromatic carbocycles. The van der Waals surface area contributed by atoms with Gasteiger partial charge in [-0.15, -0.1) is 0 Å². The van der Waals surface area contributed by atoms with Gasteiger partial charge < -0.3 is 5.32 Å². The van der Waals surface area contributed by atoms with Crippen molar-refractivity contribution >= 4 is 0 Å². The van der Waals surface area contributed by atoms with Crippen LogP contribution in [0.3, 0.4) is 0 Å². The monoisotopic (exact) mass is 193 g/mol. The van der Waals surface area contributed by atoms with Crippen molar-refractivity contribution in [2.75, 3.05) is 6.54 Å². The highest BCUT2D eigenvalue weighted by molar-refractivity contribution is 5.22. The maximum atomic E-state index is 13.0. The molecule has 0 bridgehead atoms. The summed E-state index contributed by atoms with van der Waals surface area (Å²) >= 11 is 0. The van der Waals surface area contributed by atoms with Crippen molar-refractivity contribution in [1.82, 2.24) is 5.32 Å². The minimum absolute atomic E-state index is 0.132. The zero-order valence-corrected chi connectivity index (χ0v) is 8.46. The molecule has 0 aliphatic carbocycles. The molecule has 2 rings (SSSR count). The smallest absolute Gasteiger partial charge is 0.123 e. The fourth-order valence-corrected chi connectivity index (χ4v) is 2.16. The van der Waals surface area contributed by atoms with E-state index >= 15 is 0 Å². The highest BCUT2D eigenvalue weighted by Crippen LogP contribution is 2.24. The first kappa shape index (κ1) is 9.66. The van der Waals surface area contributed by atoms with Crippen LogP contribution >= 0.6 is 0 Å². The van der Waals surface area contributed by atoms with Crippen LogP contribution in [0.15, 0.2) is 24.3 Å².